The van der Waals surface area contributed by atoms with E-state index in [2.05, 4.69) is 21.2 Å². The molecule has 0 spiro atoms. The lowest BCUT2D eigenvalue weighted by atomic mass is 10.3. The number of rotatable bonds is 3. The fraction of sp³-hybridized carbons (Fsp3) is 0.300. The van der Waals surface area contributed by atoms with Crippen LogP contribution in [0.15, 0.2) is 22.7 Å². The summed E-state index contributed by atoms with van der Waals surface area (Å²) in [5.74, 6) is 1.21. The van der Waals surface area contributed by atoms with Crippen molar-refractivity contribution in [2.75, 3.05) is 12.4 Å². The summed E-state index contributed by atoms with van der Waals surface area (Å²) in [6.07, 6.45) is 0.680. The molecule has 2 N–H and O–H groups in total. The molecule has 0 aliphatic rings. The SMILES string of the molecule is CCC(=N)Nc1ccc(Br)cc1OC. The summed E-state index contributed by atoms with van der Waals surface area (Å²) in [5, 5.41) is 10.5. The van der Waals surface area contributed by atoms with Crippen LogP contribution in [0.1, 0.15) is 13.3 Å². The maximum absolute atomic E-state index is 7.52. The second-order valence-electron chi connectivity index (χ2n) is 2.80. The number of amidine groups is 1. The second-order valence-corrected chi connectivity index (χ2v) is 3.72. The van der Waals surface area contributed by atoms with Gasteiger partial charge in [-0.15, -0.1) is 0 Å². The standard InChI is InChI=1S/C10H13BrN2O/c1-3-10(12)13-8-5-4-7(11)6-9(8)14-2/h4-6H,3H2,1-2H3,(H2,12,13). The van der Waals surface area contributed by atoms with Gasteiger partial charge in [-0.05, 0) is 18.2 Å². The molecule has 0 radical (unpaired) electrons. The summed E-state index contributed by atoms with van der Waals surface area (Å²) >= 11 is 3.36. The molecule has 1 aromatic rings. The van der Waals surface area contributed by atoms with Crippen LogP contribution in [0, 0.1) is 5.41 Å². The third-order valence-electron chi connectivity index (χ3n) is 1.80. The van der Waals surface area contributed by atoms with Gasteiger partial charge in [0.25, 0.3) is 0 Å². The van der Waals surface area contributed by atoms with Crippen molar-refractivity contribution in [2.45, 2.75) is 13.3 Å². The van der Waals surface area contributed by atoms with Gasteiger partial charge in [0.15, 0.2) is 0 Å². The molecule has 0 saturated heterocycles. The van der Waals surface area contributed by atoms with Crippen LogP contribution in [0.5, 0.6) is 5.75 Å². The van der Waals surface area contributed by atoms with Gasteiger partial charge in [0, 0.05) is 10.9 Å². The van der Waals surface area contributed by atoms with Crippen molar-refractivity contribution in [1.82, 2.24) is 0 Å². The third-order valence-corrected chi connectivity index (χ3v) is 2.30. The highest BCUT2D eigenvalue weighted by molar-refractivity contribution is 9.10. The fourth-order valence-electron chi connectivity index (χ4n) is 1.02. The van der Waals surface area contributed by atoms with Gasteiger partial charge in [-0.2, -0.15) is 0 Å². The van der Waals surface area contributed by atoms with Gasteiger partial charge in [-0.25, -0.2) is 0 Å². The molecule has 0 saturated carbocycles. The van der Waals surface area contributed by atoms with Crippen molar-refractivity contribution >= 4 is 27.5 Å². The van der Waals surface area contributed by atoms with Crippen LogP contribution in [0.25, 0.3) is 0 Å². The number of benzene rings is 1. The minimum absolute atomic E-state index is 0.477. The Kier molecular flexibility index (Phi) is 3.95. The molecule has 1 rings (SSSR count). The Morgan fingerprint density at radius 2 is 2.29 bits per heavy atom. The van der Waals surface area contributed by atoms with Gasteiger partial charge in [0.05, 0.1) is 18.6 Å². The van der Waals surface area contributed by atoms with Crippen molar-refractivity contribution in [1.29, 1.82) is 5.41 Å². The Hall–Kier alpha value is -1.03. The minimum Gasteiger partial charge on any atom is -0.495 e. The Morgan fingerprint density at radius 3 is 2.86 bits per heavy atom. The van der Waals surface area contributed by atoms with E-state index in [0.29, 0.717) is 12.3 Å². The van der Waals surface area contributed by atoms with E-state index in [9.17, 15) is 0 Å². The van der Waals surface area contributed by atoms with Crippen molar-refractivity contribution in [3.05, 3.63) is 22.7 Å². The van der Waals surface area contributed by atoms with Gasteiger partial charge in [-0.3, -0.25) is 5.41 Å². The van der Waals surface area contributed by atoms with E-state index < -0.39 is 0 Å². The van der Waals surface area contributed by atoms with Crippen LogP contribution in [-0.4, -0.2) is 12.9 Å². The van der Waals surface area contributed by atoms with E-state index >= 15 is 0 Å². The van der Waals surface area contributed by atoms with Gasteiger partial charge in [0.1, 0.15) is 5.75 Å². The highest BCUT2D eigenvalue weighted by Gasteiger charge is 2.03. The van der Waals surface area contributed by atoms with Crippen LogP contribution in [0.4, 0.5) is 5.69 Å². The van der Waals surface area contributed by atoms with Gasteiger partial charge >= 0.3 is 0 Å². The largest absolute Gasteiger partial charge is 0.495 e. The number of anilines is 1. The second kappa shape index (κ2) is 5.00. The monoisotopic (exact) mass is 256 g/mol. The zero-order valence-corrected chi connectivity index (χ0v) is 9.81. The molecule has 0 heterocycles. The first-order chi connectivity index (χ1) is 6.67. The lowest BCUT2D eigenvalue weighted by molar-refractivity contribution is 0.416. The van der Waals surface area contributed by atoms with Crippen molar-refractivity contribution in [3.63, 3.8) is 0 Å². The van der Waals surface area contributed by atoms with E-state index in [0.717, 1.165) is 15.9 Å². The molecule has 0 aliphatic heterocycles. The average Bonchev–Trinajstić information content (AvgIpc) is 2.20. The van der Waals surface area contributed by atoms with Crippen LogP contribution < -0.4 is 10.1 Å². The van der Waals surface area contributed by atoms with Crippen molar-refractivity contribution in [2.24, 2.45) is 0 Å². The summed E-state index contributed by atoms with van der Waals surface area (Å²) in [5.41, 5.74) is 0.822. The van der Waals surface area contributed by atoms with Crippen molar-refractivity contribution in [3.8, 4) is 5.75 Å². The number of hydrogen-bond donors (Lipinski definition) is 2. The van der Waals surface area contributed by atoms with Gasteiger partial charge in [0.2, 0.25) is 0 Å². The maximum atomic E-state index is 7.52. The van der Waals surface area contributed by atoms with Crippen molar-refractivity contribution < 1.29 is 4.74 Å². The normalized spacial score (nSPS) is 9.64. The summed E-state index contributed by atoms with van der Waals surface area (Å²) in [6.45, 7) is 1.93. The van der Waals surface area contributed by atoms with E-state index in [4.69, 9.17) is 10.1 Å². The number of halogens is 1. The quantitative estimate of drug-likeness (QED) is 0.644. The van der Waals surface area contributed by atoms with Crippen LogP contribution in [0.3, 0.4) is 0 Å². The molecule has 0 aliphatic carbocycles. The molecular formula is C10H13BrN2O. The van der Waals surface area contributed by atoms with Gasteiger partial charge < -0.3 is 10.1 Å². The van der Waals surface area contributed by atoms with Crippen LogP contribution in [-0.2, 0) is 0 Å². The Labute approximate surface area is 92.1 Å². The number of nitrogens with one attached hydrogen (secondary N) is 2. The molecule has 0 aromatic heterocycles. The smallest absolute Gasteiger partial charge is 0.143 e. The van der Waals surface area contributed by atoms with E-state index in [1.807, 2.05) is 25.1 Å². The van der Waals surface area contributed by atoms with E-state index in [-0.39, 0.29) is 0 Å². The molecule has 76 valence electrons. The Morgan fingerprint density at radius 1 is 1.57 bits per heavy atom. The lowest BCUT2D eigenvalue weighted by Crippen LogP contribution is -2.09. The summed E-state index contributed by atoms with van der Waals surface area (Å²) < 4.78 is 6.14. The zero-order valence-electron chi connectivity index (χ0n) is 8.23. The van der Waals surface area contributed by atoms with E-state index in [1.165, 1.54) is 0 Å². The molecule has 0 bridgehead atoms. The fourth-order valence-corrected chi connectivity index (χ4v) is 1.36. The molecule has 0 fully saturated rings. The third kappa shape index (κ3) is 2.73. The summed E-state index contributed by atoms with van der Waals surface area (Å²) in [6, 6.07) is 5.66. The highest BCUT2D eigenvalue weighted by atomic mass is 79.9. The van der Waals surface area contributed by atoms with E-state index in [1.54, 1.807) is 7.11 Å². The first-order valence-corrected chi connectivity index (χ1v) is 5.14. The van der Waals surface area contributed by atoms with Gasteiger partial charge in [-0.1, -0.05) is 22.9 Å². The summed E-state index contributed by atoms with van der Waals surface area (Å²) in [4.78, 5) is 0. The number of methoxy groups -OCH3 is 1. The topological polar surface area (TPSA) is 45.1 Å². The predicted octanol–water partition coefficient (Wildman–Crippen LogP) is 3.26. The molecule has 1 aromatic carbocycles. The average molecular weight is 257 g/mol. The first-order valence-electron chi connectivity index (χ1n) is 4.35. The molecule has 4 heteroatoms. The zero-order chi connectivity index (χ0) is 10.6. The lowest BCUT2D eigenvalue weighted by Gasteiger charge is -2.10. The molecule has 3 nitrogen and oxygen atoms in total. The molecule has 0 unspecified atom stereocenters. The Bertz CT molecular complexity index is 339. The number of ether oxygens (including phenoxy) is 1. The number of hydrogen-bond acceptors (Lipinski definition) is 2. The maximum Gasteiger partial charge on any atom is 0.143 e. The Balaban J connectivity index is 2.90. The molecule has 0 amide bonds. The van der Waals surface area contributed by atoms with Crippen LogP contribution in [0.2, 0.25) is 0 Å². The molecular weight excluding hydrogens is 244 g/mol. The molecule has 0 atom stereocenters. The van der Waals surface area contributed by atoms with Crippen LogP contribution >= 0.6 is 15.9 Å². The minimum atomic E-state index is 0.477. The molecule has 14 heavy (non-hydrogen) atoms. The predicted molar refractivity (Wildman–Crippen MR) is 62.3 cm³/mol. The first kappa shape index (κ1) is 11.0. The highest BCUT2D eigenvalue weighted by Crippen LogP contribution is 2.27. The summed E-state index contributed by atoms with van der Waals surface area (Å²) in [7, 11) is 1.61.